The molecule has 2 heterocycles. The van der Waals surface area contributed by atoms with E-state index in [2.05, 4.69) is 10.1 Å². The van der Waals surface area contributed by atoms with Gasteiger partial charge in [-0.3, -0.25) is 19.1 Å². The van der Waals surface area contributed by atoms with E-state index in [-0.39, 0.29) is 11.1 Å². The molecule has 1 aromatic carbocycles. The number of hydrogen-bond donors (Lipinski definition) is 2. The van der Waals surface area contributed by atoms with Crippen LogP contribution in [0.4, 0.5) is 5.69 Å². The first kappa shape index (κ1) is 17.2. The Labute approximate surface area is 147 Å². The highest BCUT2D eigenvalue weighted by Gasteiger charge is 2.29. The maximum Gasteiger partial charge on any atom is 0.330 e. The second-order valence-corrected chi connectivity index (χ2v) is 5.61. The van der Waals surface area contributed by atoms with Crippen molar-refractivity contribution in [2.45, 2.75) is 6.92 Å². The van der Waals surface area contributed by atoms with Crippen LogP contribution in [0, 0.1) is 0 Å². The Bertz CT molecular complexity index is 1060. The number of nitrogens with one attached hydrogen (secondary N) is 1. The molecule has 2 N–H and O–H groups in total. The van der Waals surface area contributed by atoms with Crippen molar-refractivity contribution in [2.75, 3.05) is 12.1 Å². The number of ether oxygens (including phenoxy) is 1. The molecule has 1 aliphatic rings. The van der Waals surface area contributed by atoms with Gasteiger partial charge in [-0.25, -0.2) is 4.79 Å². The third-order valence-electron chi connectivity index (χ3n) is 4.00. The Morgan fingerprint density at radius 1 is 1.19 bits per heavy atom. The molecule has 1 aromatic heterocycles. The molecule has 2 aromatic rings. The van der Waals surface area contributed by atoms with Crippen LogP contribution in [-0.4, -0.2) is 33.4 Å². The Kier molecular flexibility index (Phi) is 4.21. The molecule has 0 bridgehead atoms. The molecule has 0 saturated heterocycles. The molecule has 0 radical (unpaired) electrons. The number of aromatic amines is 1. The number of aromatic hydroxyl groups is 1. The van der Waals surface area contributed by atoms with E-state index in [9.17, 15) is 19.5 Å². The maximum atomic E-state index is 12.7. The van der Waals surface area contributed by atoms with Crippen molar-refractivity contribution >= 4 is 23.4 Å². The number of H-pyrrole nitrogens is 1. The van der Waals surface area contributed by atoms with Gasteiger partial charge in [-0.1, -0.05) is 0 Å². The number of hydrogen-bond acceptors (Lipinski definition) is 6. The minimum absolute atomic E-state index is 0.139. The molecule has 0 saturated carbocycles. The van der Waals surface area contributed by atoms with Gasteiger partial charge in [-0.05, 0) is 37.3 Å². The van der Waals surface area contributed by atoms with E-state index in [0.29, 0.717) is 17.1 Å². The van der Waals surface area contributed by atoms with E-state index >= 15 is 0 Å². The largest absolute Gasteiger partial charge is 0.497 e. The predicted molar refractivity (Wildman–Crippen MR) is 95.5 cm³/mol. The van der Waals surface area contributed by atoms with E-state index < -0.39 is 23.0 Å². The highest BCUT2D eigenvalue weighted by atomic mass is 16.5. The molecule has 26 heavy (non-hydrogen) atoms. The maximum absolute atomic E-state index is 12.7. The number of aromatic nitrogens is 2. The second kappa shape index (κ2) is 6.36. The summed E-state index contributed by atoms with van der Waals surface area (Å²) in [4.78, 5) is 38.2. The topological polar surface area (TPSA) is 117 Å². The molecule has 9 heteroatoms. The number of rotatable bonds is 3. The van der Waals surface area contributed by atoms with Gasteiger partial charge in [-0.15, -0.1) is 0 Å². The minimum Gasteiger partial charge on any atom is -0.497 e. The Hall–Kier alpha value is -3.62. The van der Waals surface area contributed by atoms with E-state index in [4.69, 9.17) is 4.74 Å². The molecule has 0 unspecified atom stereocenters. The van der Waals surface area contributed by atoms with Crippen molar-refractivity contribution in [1.82, 2.24) is 9.55 Å². The highest BCUT2D eigenvalue weighted by molar-refractivity contribution is 6.32. The summed E-state index contributed by atoms with van der Waals surface area (Å²) in [7, 11) is 2.84. The Balaban J connectivity index is 2.03. The van der Waals surface area contributed by atoms with E-state index in [1.165, 1.54) is 25.2 Å². The summed E-state index contributed by atoms with van der Waals surface area (Å²) in [5.41, 5.74) is -0.697. The van der Waals surface area contributed by atoms with Crippen LogP contribution in [0.5, 0.6) is 11.6 Å². The lowest BCUT2D eigenvalue weighted by Crippen LogP contribution is -2.30. The van der Waals surface area contributed by atoms with E-state index in [1.807, 2.05) is 0 Å². The lowest BCUT2D eigenvalue weighted by atomic mass is 10.1. The van der Waals surface area contributed by atoms with Crippen LogP contribution >= 0.6 is 0 Å². The molecular weight excluding hydrogens is 340 g/mol. The van der Waals surface area contributed by atoms with Crippen LogP contribution in [0.15, 0.2) is 44.5 Å². The first-order valence-corrected chi connectivity index (χ1v) is 7.61. The molecule has 0 atom stereocenters. The van der Waals surface area contributed by atoms with Crippen molar-refractivity contribution in [3.63, 3.8) is 0 Å². The predicted octanol–water partition coefficient (Wildman–Crippen LogP) is 0.594. The van der Waals surface area contributed by atoms with E-state index in [0.717, 1.165) is 4.57 Å². The summed E-state index contributed by atoms with van der Waals surface area (Å²) >= 11 is 0. The normalized spacial score (nSPS) is 15.5. The smallest absolute Gasteiger partial charge is 0.330 e. The number of anilines is 1. The van der Waals surface area contributed by atoms with Crippen LogP contribution in [0.2, 0.25) is 0 Å². The van der Waals surface area contributed by atoms with Crippen molar-refractivity contribution in [2.24, 2.45) is 12.1 Å². The van der Waals surface area contributed by atoms with E-state index in [1.54, 1.807) is 31.2 Å². The second-order valence-electron chi connectivity index (χ2n) is 5.61. The summed E-state index contributed by atoms with van der Waals surface area (Å²) in [6.07, 6.45) is 1.22. The third kappa shape index (κ3) is 2.79. The molecule has 1 aliphatic heterocycles. The van der Waals surface area contributed by atoms with Crippen LogP contribution < -0.4 is 21.0 Å². The zero-order valence-corrected chi connectivity index (χ0v) is 14.3. The fourth-order valence-electron chi connectivity index (χ4n) is 2.48. The number of benzene rings is 1. The molecule has 0 fully saturated rings. The van der Waals surface area contributed by atoms with Gasteiger partial charge in [0.2, 0.25) is 5.88 Å². The van der Waals surface area contributed by atoms with Gasteiger partial charge in [0.1, 0.15) is 11.3 Å². The zero-order valence-electron chi connectivity index (χ0n) is 14.3. The third-order valence-corrected chi connectivity index (χ3v) is 4.00. The van der Waals surface area contributed by atoms with Crippen molar-refractivity contribution in [3.8, 4) is 11.6 Å². The fraction of sp³-hybridized carbons (Fsp3) is 0.176. The number of methoxy groups -OCH3 is 1. The molecular formula is C17H16N4O5. The molecule has 9 nitrogen and oxygen atoms in total. The van der Waals surface area contributed by atoms with Crippen LogP contribution in [0.3, 0.4) is 0 Å². The van der Waals surface area contributed by atoms with Crippen molar-refractivity contribution in [3.05, 3.63) is 56.2 Å². The fourth-order valence-corrected chi connectivity index (χ4v) is 2.48. The average Bonchev–Trinajstić information content (AvgIpc) is 2.91. The van der Waals surface area contributed by atoms with Crippen LogP contribution in [0.25, 0.3) is 6.08 Å². The van der Waals surface area contributed by atoms with Gasteiger partial charge in [0.05, 0.1) is 24.1 Å². The van der Waals surface area contributed by atoms with Crippen LogP contribution in [-0.2, 0) is 11.8 Å². The highest BCUT2D eigenvalue weighted by Crippen LogP contribution is 2.27. The number of carbonyl (C=O) groups excluding carboxylic acids is 1. The quantitative estimate of drug-likeness (QED) is 0.781. The molecule has 134 valence electrons. The van der Waals surface area contributed by atoms with Gasteiger partial charge < -0.3 is 9.84 Å². The van der Waals surface area contributed by atoms with Gasteiger partial charge in [-0.2, -0.15) is 10.1 Å². The zero-order chi connectivity index (χ0) is 19.0. The number of hydrazone groups is 1. The van der Waals surface area contributed by atoms with Gasteiger partial charge in [0.25, 0.3) is 11.5 Å². The monoisotopic (exact) mass is 356 g/mol. The lowest BCUT2D eigenvalue weighted by Gasteiger charge is -2.12. The summed E-state index contributed by atoms with van der Waals surface area (Å²) in [6.45, 7) is 1.61. The molecule has 0 spiro atoms. The molecule has 3 rings (SSSR count). The standard InChI is InChI=1S/C17H16N4O5/c1-9-12(8-13-14(22)18-17(25)20(2)15(13)23)16(24)21(19-9)10-4-6-11(26-3)7-5-10/h4-8,23H,1-3H3,(H,18,22,25). The summed E-state index contributed by atoms with van der Waals surface area (Å²) in [6, 6.07) is 6.73. The number of nitrogens with zero attached hydrogens (tertiary/aromatic N) is 3. The van der Waals surface area contributed by atoms with Crippen LogP contribution in [0.1, 0.15) is 12.5 Å². The summed E-state index contributed by atoms with van der Waals surface area (Å²) < 4.78 is 5.96. The van der Waals surface area contributed by atoms with Gasteiger partial charge in [0, 0.05) is 7.05 Å². The lowest BCUT2D eigenvalue weighted by molar-refractivity contribution is -0.114. The Morgan fingerprint density at radius 3 is 2.46 bits per heavy atom. The Morgan fingerprint density at radius 2 is 1.85 bits per heavy atom. The van der Waals surface area contributed by atoms with Crippen molar-refractivity contribution < 1.29 is 14.6 Å². The summed E-state index contributed by atoms with van der Waals surface area (Å²) in [5.74, 6) is -0.353. The number of amides is 1. The first-order valence-electron chi connectivity index (χ1n) is 7.61. The summed E-state index contributed by atoms with van der Waals surface area (Å²) in [5, 5.41) is 15.4. The minimum atomic E-state index is -0.790. The first-order chi connectivity index (χ1) is 12.3. The SMILES string of the molecule is COc1ccc(N2N=C(C)C(=Cc3c(O)n(C)c(=O)[nH]c3=O)C2=O)cc1. The number of carbonyl (C=O) groups is 1. The molecule has 1 amide bonds. The van der Waals surface area contributed by atoms with Crippen molar-refractivity contribution in [1.29, 1.82) is 0 Å². The van der Waals surface area contributed by atoms with Gasteiger partial charge in [0.15, 0.2) is 0 Å². The van der Waals surface area contributed by atoms with Gasteiger partial charge >= 0.3 is 5.69 Å². The molecule has 0 aliphatic carbocycles. The average molecular weight is 356 g/mol.